The monoisotopic (exact) mass is 302 g/mol. The topological polar surface area (TPSA) is 71.0 Å². The summed E-state index contributed by atoms with van der Waals surface area (Å²) in [6, 6.07) is 4.60. The lowest BCUT2D eigenvalue weighted by molar-refractivity contribution is 0.0501. The van der Waals surface area contributed by atoms with Crippen LogP contribution in [0.3, 0.4) is 0 Å². The minimum absolute atomic E-state index is 0.170. The lowest BCUT2D eigenvalue weighted by Crippen LogP contribution is -2.38. The maximum absolute atomic E-state index is 11.9. The standard InChI is InChI=1S/C13H19ClN2O4/c1-16(7-10(17)8-19-2)13(18)15-9-4-5-12(20-3)11(14)6-9/h4-6,10,17H,7-8H2,1-3H3,(H,15,18). The maximum atomic E-state index is 11.9. The fraction of sp³-hybridized carbons (Fsp3) is 0.462. The van der Waals surface area contributed by atoms with Crippen LogP contribution in [-0.2, 0) is 4.74 Å². The van der Waals surface area contributed by atoms with E-state index in [4.69, 9.17) is 21.1 Å². The van der Waals surface area contributed by atoms with Gasteiger partial charge in [0, 0.05) is 19.8 Å². The minimum Gasteiger partial charge on any atom is -0.495 e. The van der Waals surface area contributed by atoms with Crippen molar-refractivity contribution in [1.82, 2.24) is 4.90 Å². The molecule has 1 aromatic carbocycles. The Morgan fingerprint density at radius 1 is 1.50 bits per heavy atom. The average molecular weight is 303 g/mol. The fourth-order valence-corrected chi connectivity index (χ4v) is 1.86. The number of anilines is 1. The summed E-state index contributed by atoms with van der Waals surface area (Å²) < 4.78 is 9.83. The van der Waals surface area contributed by atoms with E-state index in [-0.39, 0.29) is 19.2 Å². The Labute approximate surface area is 123 Å². The molecule has 0 aliphatic rings. The summed E-state index contributed by atoms with van der Waals surface area (Å²) in [4.78, 5) is 13.3. The number of carbonyl (C=O) groups excluding carboxylic acids is 1. The number of rotatable bonds is 6. The van der Waals surface area contributed by atoms with Gasteiger partial charge >= 0.3 is 6.03 Å². The lowest BCUT2D eigenvalue weighted by Gasteiger charge is -2.21. The molecule has 0 spiro atoms. The van der Waals surface area contributed by atoms with E-state index in [9.17, 15) is 9.90 Å². The maximum Gasteiger partial charge on any atom is 0.321 e. The van der Waals surface area contributed by atoms with Gasteiger partial charge in [0.05, 0.1) is 31.4 Å². The molecular formula is C13H19ClN2O4. The highest BCUT2D eigenvalue weighted by Gasteiger charge is 2.14. The summed E-state index contributed by atoms with van der Waals surface area (Å²) in [5.74, 6) is 0.536. The Hall–Kier alpha value is -1.50. The van der Waals surface area contributed by atoms with Crippen molar-refractivity contribution in [3.05, 3.63) is 23.2 Å². The third-order valence-corrected chi connectivity index (χ3v) is 2.89. The first-order valence-corrected chi connectivity index (χ1v) is 6.38. The number of aliphatic hydroxyl groups is 1. The first-order valence-electron chi connectivity index (χ1n) is 6.00. The SMILES string of the molecule is COCC(O)CN(C)C(=O)Nc1ccc(OC)c(Cl)c1. The van der Waals surface area contributed by atoms with Gasteiger partial charge in [-0.25, -0.2) is 4.79 Å². The molecule has 0 radical (unpaired) electrons. The summed E-state index contributed by atoms with van der Waals surface area (Å²) in [5.41, 5.74) is 0.550. The van der Waals surface area contributed by atoms with Crippen LogP contribution >= 0.6 is 11.6 Å². The van der Waals surface area contributed by atoms with Crippen LogP contribution in [0.5, 0.6) is 5.75 Å². The average Bonchev–Trinajstić information content (AvgIpc) is 2.39. The highest BCUT2D eigenvalue weighted by molar-refractivity contribution is 6.32. The Kier molecular flexibility index (Phi) is 6.57. The zero-order valence-electron chi connectivity index (χ0n) is 11.7. The van der Waals surface area contributed by atoms with Crippen LogP contribution in [0.2, 0.25) is 5.02 Å². The van der Waals surface area contributed by atoms with Gasteiger partial charge in [-0.2, -0.15) is 0 Å². The van der Waals surface area contributed by atoms with E-state index in [0.29, 0.717) is 16.5 Å². The van der Waals surface area contributed by atoms with E-state index in [1.807, 2.05) is 0 Å². The van der Waals surface area contributed by atoms with Crippen molar-refractivity contribution in [2.24, 2.45) is 0 Å². The van der Waals surface area contributed by atoms with Crippen molar-refractivity contribution in [2.45, 2.75) is 6.10 Å². The van der Waals surface area contributed by atoms with Crippen LogP contribution < -0.4 is 10.1 Å². The Bertz CT molecular complexity index is 456. The molecule has 0 fully saturated rings. The number of ether oxygens (including phenoxy) is 2. The number of carbonyl (C=O) groups is 1. The number of methoxy groups -OCH3 is 2. The van der Waals surface area contributed by atoms with Crippen molar-refractivity contribution < 1.29 is 19.4 Å². The van der Waals surface area contributed by atoms with E-state index in [1.165, 1.54) is 19.1 Å². The Balaban J connectivity index is 2.59. The number of benzene rings is 1. The van der Waals surface area contributed by atoms with Gasteiger partial charge in [-0.05, 0) is 18.2 Å². The van der Waals surface area contributed by atoms with Crippen molar-refractivity contribution in [1.29, 1.82) is 0 Å². The highest BCUT2D eigenvalue weighted by atomic mass is 35.5. The Morgan fingerprint density at radius 3 is 2.75 bits per heavy atom. The molecule has 0 aromatic heterocycles. The van der Waals surface area contributed by atoms with Crippen molar-refractivity contribution in [3.63, 3.8) is 0 Å². The largest absolute Gasteiger partial charge is 0.495 e. The number of halogens is 1. The first-order chi connectivity index (χ1) is 9.47. The normalized spacial score (nSPS) is 11.8. The van der Waals surface area contributed by atoms with Gasteiger partial charge in [0.25, 0.3) is 0 Å². The number of hydrogen-bond donors (Lipinski definition) is 2. The quantitative estimate of drug-likeness (QED) is 0.841. The molecule has 2 N–H and O–H groups in total. The molecule has 0 bridgehead atoms. The molecule has 20 heavy (non-hydrogen) atoms. The molecule has 1 atom stereocenters. The number of nitrogens with zero attached hydrogens (tertiary/aromatic N) is 1. The second-order valence-electron chi connectivity index (χ2n) is 4.27. The van der Waals surface area contributed by atoms with E-state index in [2.05, 4.69) is 5.32 Å². The van der Waals surface area contributed by atoms with E-state index in [1.54, 1.807) is 25.2 Å². The van der Waals surface area contributed by atoms with Gasteiger partial charge < -0.3 is 24.8 Å². The van der Waals surface area contributed by atoms with Gasteiger partial charge in [-0.3, -0.25) is 0 Å². The molecule has 1 rings (SSSR count). The third kappa shape index (κ3) is 4.88. The summed E-state index contributed by atoms with van der Waals surface area (Å²) in [5, 5.41) is 12.6. The van der Waals surface area contributed by atoms with Crippen molar-refractivity contribution in [2.75, 3.05) is 39.7 Å². The second-order valence-corrected chi connectivity index (χ2v) is 4.68. The molecule has 0 aliphatic heterocycles. The number of aliphatic hydroxyl groups excluding tert-OH is 1. The van der Waals surface area contributed by atoms with E-state index >= 15 is 0 Å². The number of nitrogens with one attached hydrogen (secondary N) is 1. The molecular weight excluding hydrogens is 284 g/mol. The third-order valence-electron chi connectivity index (χ3n) is 2.59. The van der Waals surface area contributed by atoms with Crippen LogP contribution in [0.4, 0.5) is 10.5 Å². The van der Waals surface area contributed by atoms with Crippen LogP contribution in [-0.4, -0.2) is 56.6 Å². The summed E-state index contributed by atoms with van der Waals surface area (Å²) in [6.07, 6.45) is -0.727. The zero-order chi connectivity index (χ0) is 15.1. The molecule has 0 saturated carbocycles. The number of amides is 2. The molecule has 0 aliphatic carbocycles. The van der Waals surface area contributed by atoms with E-state index < -0.39 is 6.10 Å². The van der Waals surface area contributed by atoms with Gasteiger partial charge in [0.1, 0.15) is 5.75 Å². The van der Waals surface area contributed by atoms with Crippen molar-refractivity contribution in [3.8, 4) is 5.75 Å². The summed E-state index contributed by atoms with van der Waals surface area (Å²) in [6.45, 7) is 0.343. The van der Waals surface area contributed by atoms with Crippen LogP contribution in [0.1, 0.15) is 0 Å². The predicted molar refractivity (Wildman–Crippen MR) is 77.5 cm³/mol. The van der Waals surface area contributed by atoms with Crippen LogP contribution in [0, 0.1) is 0 Å². The number of urea groups is 1. The minimum atomic E-state index is -0.727. The van der Waals surface area contributed by atoms with Crippen LogP contribution in [0.25, 0.3) is 0 Å². The van der Waals surface area contributed by atoms with E-state index in [0.717, 1.165) is 0 Å². The fourth-order valence-electron chi connectivity index (χ4n) is 1.61. The smallest absolute Gasteiger partial charge is 0.321 e. The predicted octanol–water partition coefficient (Wildman–Crippen LogP) is 1.82. The number of hydrogen-bond acceptors (Lipinski definition) is 4. The Morgan fingerprint density at radius 2 is 2.20 bits per heavy atom. The number of likely N-dealkylation sites (N-methyl/N-ethyl adjacent to an activating group) is 1. The molecule has 112 valence electrons. The lowest BCUT2D eigenvalue weighted by atomic mass is 10.3. The summed E-state index contributed by atoms with van der Waals surface area (Å²) >= 11 is 5.97. The first kappa shape index (κ1) is 16.6. The van der Waals surface area contributed by atoms with Crippen molar-refractivity contribution >= 4 is 23.3 Å². The molecule has 1 aromatic rings. The molecule has 6 nitrogen and oxygen atoms in total. The van der Waals surface area contributed by atoms with Gasteiger partial charge in [-0.1, -0.05) is 11.6 Å². The van der Waals surface area contributed by atoms with Gasteiger partial charge in [-0.15, -0.1) is 0 Å². The molecule has 2 amide bonds. The molecule has 0 saturated heterocycles. The zero-order valence-corrected chi connectivity index (χ0v) is 12.5. The molecule has 0 heterocycles. The van der Waals surface area contributed by atoms with Gasteiger partial charge in [0.15, 0.2) is 0 Å². The van der Waals surface area contributed by atoms with Crippen LogP contribution in [0.15, 0.2) is 18.2 Å². The molecule has 7 heteroatoms. The molecule has 1 unspecified atom stereocenters. The second kappa shape index (κ2) is 7.94. The van der Waals surface area contributed by atoms with Gasteiger partial charge in [0.2, 0.25) is 0 Å². The summed E-state index contributed by atoms with van der Waals surface area (Å²) in [7, 11) is 4.59. The highest BCUT2D eigenvalue weighted by Crippen LogP contribution is 2.27.